The second-order valence-corrected chi connectivity index (χ2v) is 8.74. The van der Waals surface area contributed by atoms with Crippen LogP contribution in [0.4, 0.5) is 0 Å². The van der Waals surface area contributed by atoms with Crippen LogP contribution in [0.3, 0.4) is 0 Å². The van der Waals surface area contributed by atoms with Gasteiger partial charge in [-0.15, -0.1) is 0 Å². The Morgan fingerprint density at radius 2 is 1.88 bits per heavy atom. The van der Waals surface area contributed by atoms with Crippen LogP contribution in [0.1, 0.15) is 40.4 Å². The van der Waals surface area contributed by atoms with Gasteiger partial charge < -0.3 is 10.2 Å². The quantitative estimate of drug-likeness (QED) is 0.660. The van der Waals surface area contributed by atoms with Gasteiger partial charge in [0.15, 0.2) is 0 Å². The number of thiophene rings is 1. The summed E-state index contributed by atoms with van der Waals surface area (Å²) >= 11 is 1.52. The molecule has 0 aliphatic carbocycles. The molecular weight excluding hydrogens is 420 g/mol. The average molecular weight is 449 g/mol. The largest absolute Gasteiger partial charge is 0.354 e. The van der Waals surface area contributed by atoms with Gasteiger partial charge in [-0.25, -0.2) is 0 Å². The molecule has 2 aromatic heterocycles. The maximum atomic E-state index is 12.9. The zero-order valence-electron chi connectivity index (χ0n) is 18.0. The van der Waals surface area contributed by atoms with Crippen molar-refractivity contribution in [2.75, 3.05) is 26.2 Å². The van der Waals surface area contributed by atoms with Crippen molar-refractivity contribution in [1.82, 2.24) is 20.1 Å². The lowest BCUT2D eigenvalue weighted by atomic mass is 10.00. The Hall–Kier alpha value is -3.03. The van der Waals surface area contributed by atoms with Crippen molar-refractivity contribution in [1.29, 1.82) is 0 Å². The second-order valence-electron chi connectivity index (χ2n) is 7.96. The smallest absolute Gasteiger partial charge is 0.254 e. The fourth-order valence-corrected chi connectivity index (χ4v) is 4.76. The van der Waals surface area contributed by atoms with E-state index in [1.54, 1.807) is 12.4 Å². The number of hydrogen-bond donors (Lipinski definition) is 1. The summed E-state index contributed by atoms with van der Waals surface area (Å²) in [5.41, 5.74) is 3.00. The summed E-state index contributed by atoms with van der Waals surface area (Å²) in [4.78, 5) is 34.1. The summed E-state index contributed by atoms with van der Waals surface area (Å²) in [6.45, 7) is 3.12. The molecule has 0 radical (unpaired) electrons. The molecule has 1 aliphatic heterocycles. The molecule has 166 valence electrons. The molecule has 1 aliphatic rings. The first-order valence-electron chi connectivity index (χ1n) is 11.0. The van der Waals surface area contributed by atoms with Crippen LogP contribution in [0.5, 0.6) is 0 Å². The van der Waals surface area contributed by atoms with Crippen LogP contribution in [0.15, 0.2) is 71.7 Å². The van der Waals surface area contributed by atoms with E-state index in [0.29, 0.717) is 38.2 Å². The number of benzene rings is 1. The van der Waals surface area contributed by atoms with Gasteiger partial charge in [0, 0.05) is 63.0 Å². The van der Waals surface area contributed by atoms with Gasteiger partial charge in [-0.2, -0.15) is 11.3 Å². The molecule has 3 heterocycles. The summed E-state index contributed by atoms with van der Waals surface area (Å²) in [5, 5.41) is 6.83. The van der Waals surface area contributed by atoms with Gasteiger partial charge in [0.05, 0.1) is 5.56 Å². The van der Waals surface area contributed by atoms with Crippen LogP contribution in [0, 0.1) is 0 Å². The normalized spacial score (nSPS) is 18.6. The summed E-state index contributed by atoms with van der Waals surface area (Å²) < 4.78 is 0. The van der Waals surface area contributed by atoms with Crippen molar-refractivity contribution in [3.05, 3.63) is 88.4 Å². The number of aromatic nitrogens is 1. The first kappa shape index (κ1) is 22.2. The molecule has 4 rings (SSSR count). The average Bonchev–Trinajstić information content (AvgIpc) is 3.36. The molecule has 1 N–H and O–H groups in total. The Balaban J connectivity index is 1.57. The highest BCUT2D eigenvalue weighted by molar-refractivity contribution is 7.08. The number of hydrogen-bond acceptors (Lipinski definition) is 5. The lowest BCUT2D eigenvalue weighted by molar-refractivity contribution is -0.122. The van der Waals surface area contributed by atoms with Crippen LogP contribution < -0.4 is 5.32 Å². The minimum Gasteiger partial charge on any atom is -0.354 e. The van der Waals surface area contributed by atoms with E-state index in [-0.39, 0.29) is 17.9 Å². The van der Waals surface area contributed by atoms with Crippen LogP contribution in [-0.4, -0.2) is 52.8 Å². The monoisotopic (exact) mass is 448 g/mol. The van der Waals surface area contributed by atoms with E-state index in [1.165, 1.54) is 11.3 Å². The maximum Gasteiger partial charge on any atom is 0.254 e. The number of pyridine rings is 1. The van der Waals surface area contributed by atoms with Crippen molar-refractivity contribution in [3.63, 3.8) is 0 Å². The number of nitrogens with zero attached hydrogens (tertiary/aromatic N) is 3. The molecule has 0 bridgehead atoms. The van der Waals surface area contributed by atoms with Crippen molar-refractivity contribution < 1.29 is 9.59 Å². The van der Waals surface area contributed by atoms with Gasteiger partial charge in [-0.1, -0.05) is 30.3 Å². The number of amides is 2. The predicted octanol–water partition coefficient (Wildman–Crippen LogP) is 3.74. The molecule has 0 saturated carbocycles. The summed E-state index contributed by atoms with van der Waals surface area (Å²) in [6, 6.07) is 16.1. The van der Waals surface area contributed by atoms with Gasteiger partial charge in [0.2, 0.25) is 5.91 Å². The molecule has 6 nitrogen and oxygen atoms in total. The van der Waals surface area contributed by atoms with E-state index in [1.807, 2.05) is 52.1 Å². The summed E-state index contributed by atoms with van der Waals surface area (Å²) in [5.74, 6) is 0.0310. The van der Waals surface area contributed by atoms with Gasteiger partial charge in [-0.3, -0.25) is 19.5 Å². The lowest BCUT2D eigenvalue weighted by Gasteiger charge is -2.32. The van der Waals surface area contributed by atoms with Gasteiger partial charge in [0.25, 0.3) is 5.91 Å². The van der Waals surface area contributed by atoms with Crippen molar-refractivity contribution >= 4 is 23.2 Å². The van der Waals surface area contributed by atoms with E-state index in [0.717, 1.165) is 24.1 Å². The molecule has 32 heavy (non-hydrogen) atoms. The third kappa shape index (κ3) is 5.81. The number of carbonyl (C=O) groups is 2. The molecule has 1 saturated heterocycles. The molecule has 1 aromatic carbocycles. The second kappa shape index (κ2) is 11.0. The number of rotatable bonds is 4. The van der Waals surface area contributed by atoms with E-state index in [4.69, 9.17) is 0 Å². The molecule has 3 aromatic rings. The molecular formula is C25H28N4O2S. The molecule has 0 spiro atoms. The highest BCUT2D eigenvalue weighted by Gasteiger charge is 2.25. The van der Waals surface area contributed by atoms with Gasteiger partial charge in [-0.05, 0) is 41.1 Å². The molecule has 2 amide bonds. The number of nitrogens with one attached hydrogen (secondary N) is 1. The Bertz CT molecular complexity index is 995. The number of carbonyl (C=O) groups excluding carboxylic acids is 2. The minimum atomic E-state index is -0.0384. The molecule has 1 unspecified atom stereocenters. The zero-order chi connectivity index (χ0) is 22.2. The van der Waals surface area contributed by atoms with E-state index in [9.17, 15) is 9.59 Å². The Morgan fingerprint density at radius 3 is 2.62 bits per heavy atom. The topological polar surface area (TPSA) is 65.5 Å². The predicted molar refractivity (Wildman–Crippen MR) is 126 cm³/mol. The third-order valence-corrected chi connectivity index (χ3v) is 6.45. The molecule has 1 atom stereocenters. The fourth-order valence-electron chi connectivity index (χ4n) is 4.13. The Morgan fingerprint density at radius 1 is 1.06 bits per heavy atom. The SMILES string of the molecule is O=C1CC(c2ccccc2)N(Cc2ccncc2)CCCN(C(=O)c2ccsc2)CCN1. The van der Waals surface area contributed by atoms with E-state index >= 15 is 0 Å². The first-order chi connectivity index (χ1) is 15.7. The van der Waals surface area contributed by atoms with Crippen molar-refractivity contribution in [2.24, 2.45) is 0 Å². The zero-order valence-corrected chi connectivity index (χ0v) is 18.8. The summed E-state index contributed by atoms with van der Waals surface area (Å²) in [7, 11) is 0. The maximum absolute atomic E-state index is 12.9. The van der Waals surface area contributed by atoms with E-state index in [2.05, 4.69) is 27.3 Å². The first-order valence-corrected chi connectivity index (χ1v) is 11.9. The highest BCUT2D eigenvalue weighted by Crippen LogP contribution is 2.27. The molecule has 7 heteroatoms. The lowest BCUT2D eigenvalue weighted by Crippen LogP contribution is -2.39. The van der Waals surface area contributed by atoms with Crippen molar-refractivity contribution in [3.8, 4) is 0 Å². The standard InChI is InChI=1S/C25H28N4O2S/c30-24-17-23(21-5-2-1-3-6-21)29(18-20-7-10-26-11-8-20)14-4-13-28(15-12-27-24)25(31)22-9-16-32-19-22/h1-3,5-11,16,19,23H,4,12-15,17-18H2,(H,27,30). The third-order valence-electron chi connectivity index (χ3n) is 5.77. The van der Waals surface area contributed by atoms with E-state index < -0.39 is 0 Å². The Kier molecular flexibility index (Phi) is 7.64. The summed E-state index contributed by atoms with van der Waals surface area (Å²) in [6.07, 6.45) is 4.81. The molecule has 1 fully saturated rings. The van der Waals surface area contributed by atoms with Gasteiger partial charge >= 0.3 is 0 Å². The van der Waals surface area contributed by atoms with Crippen LogP contribution in [0.2, 0.25) is 0 Å². The Labute approximate surface area is 192 Å². The van der Waals surface area contributed by atoms with Crippen LogP contribution >= 0.6 is 11.3 Å². The van der Waals surface area contributed by atoms with Crippen LogP contribution in [-0.2, 0) is 11.3 Å². The highest BCUT2D eigenvalue weighted by atomic mass is 32.1. The minimum absolute atomic E-state index is 0.00316. The van der Waals surface area contributed by atoms with Crippen LogP contribution in [0.25, 0.3) is 0 Å². The fraction of sp³-hybridized carbons (Fsp3) is 0.320. The van der Waals surface area contributed by atoms with Gasteiger partial charge in [0.1, 0.15) is 0 Å². The van der Waals surface area contributed by atoms with Crippen molar-refractivity contribution in [2.45, 2.75) is 25.4 Å².